The van der Waals surface area contributed by atoms with E-state index in [2.05, 4.69) is 38.9 Å². The number of amides is 1. The fourth-order valence-electron chi connectivity index (χ4n) is 1.44. The van der Waals surface area contributed by atoms with Crippen LogP contribution in [-0.4, -0.2) is 24.5 Å². The Balaban J connectivity index is 0.00000106. The summed E-state index contributed by atoms with van der Waals surface area (Å²) < 4.78 is 5.00. The van der Waals surface area contributed by atoms with E-state index in [0.29, 0.717) is 11.4 Å². The molecule has 0 saturated carbocycles. The molecule has 0 heterocycles. The van der Waals surface area contributed by atoms with Crippen molar-refractivity contribution in [3.05, 3.63) is 64.7 Å². The third-order valence-electron chi connectivity index (χ3n) is 2.26. The molecule has 0 bridgehead atoms. The average molecular weight is 460 g/mol. The zero-order valence-electron chi connectivity index (χ0n) is 10.6. The van der Waals surface area contributed by atoms with Crippen LogP contribution in [0.25, 0.3) is 0 Å². The summed E-state index contributed by atoms with van der Waals surface area (Å²) in [5.74, 6) is 0.394. The molecular formula is C13H10AsIN2O4. The summed E-state index contributed by atoms with van der Waals surface area (Å²) in [7, 11) is 0. The quantitative estimate of drug-likeness (QED) is 0.328. The van der Waals surface area contributed by atoms with E-state index in [1.54, 1.807) is 36.4 Å². The van der Waals surface area contributed by atoms with Gasteiger partial charge in [0.25, 0.3) is 5.69 Å². The van der Waals surface area contributed by atoms with Gasteiger partial charge in [0.15, 0.2) is 0 Å². The number of hydrogen-bond donors (Lipinski definition) is 1. The maximum absolute atomic E-state index is 11.6. The van der Waals surface area contributed by atoms with E-state index < -0.39 is 11.0 Å². The van der Waals surface area contributed by atoms with E-state index in [4.69, 9.17) is 4.74 Å². The number of rotatable bonds is 3. The number of anilines is 1. The summed E-state index contributed by atoms with van der Waals surface area (Å²) in [6, 6.07) is 14.1. The van der Waals surface area contributed by atoms with Crippen molar-refractivity contribution in [3.8, 4) is 5.75 Å². The number of nitrogens with one attached hydrogen (secondary N) is 1. The second-order valence-corrected chi connectivity index (χ2v) is 3.64. The number of para-hydroxylation sites is 1. The average Bonchev–Trinajstić information content (AvgIpc) is 2.50. The molecule has 0 fully saturated rings. The molecule has 2 aromatic rings. The number of carbonyl (C=O) groups is 1. The molecule has 108 valence electrons. The predicted octanol–water partition coefficient (Wildman–Crippen LogP) is 3.71. The Morgan fingerprint density at radius 3 is 2.43 bits per heavy atom. The molecule has 6 nitrogen and oxygen atoms in total. The van der Waals surface area contributed by atoms with E-state index in [9.17, 15) is 14.9 Å². The third kappa shape index (κ3) is 6.13. The number of halogens is 1. The molecule has 1 N–H and O–H groups in total. The van der Waals surface area contributed by atoms with Crippen LogP contribution >= 0.6 is 20.1 Å². The molecule has 2 rings (SSSR count). The van der Waals surface area contributed by atoms with Crippen LogP contribution in [-0.2, 0) is 0 Å². The van der Waals surface area contributed by atoms with Gasteiger partial charge in [-0.3, -0.25) is 15.4 Å². The fourth-order valence-corrected chi connectivity index (χ4v) is 1.44. The Bertz CT molecular complexity index is 610. The van der Waals surface area contributed by atoms with Gasteiger partial charge in [0.05, 0.1) is 10.6 Å². The van der Waals surface area contributed by atoms with Gasteiger partial charge in [0, 0.05) is 12.1 Å². The fraction of sp³-hybridized carbons (Fsp3) is 0. The number of nitrogens with zero attached hydrogens (tertiary/aromatic N) is 1. The van der Waals surface area contributed by atoms with Gasteiger partial charge in [-0.2, -0.15) is 0 Å². The Morgan fingerprint density at radius 2 is 1.81 bits per heavy atom. The van der Waals surface area contributed by atoms with Gasteiger partial charge < -0.3 is 4.74 Å². The molecule has 0 aliphatic carbocycles. The van der Waals surface area contributed by atoms with Crippen LogP contribution < -0.4 is 10.1 Å². The molecule has 1 amide bonds. The van der Waals surface area contributed by atoms with E-state index in [0.717, 1.165) is 0 Å². The second kappa shape index (κ2) is 9.36. The summed E-state index contributed by atoms with van der Waals surface area (Å²) >= 11 is 4.37. The first-order valence-corrected chi connectivity index (χ1v) is 11.3. The number of benzene rings is 2. The summed E-state index contributed by atoms with van der Waals surface area (Å²) in [5.41, 5.74) is 0.202. The summed E-state index contributed by atoms with van der Waals surface area (Å²) in [6.07, 6.45) is -0.702. The number of nitro benzene ring substituents is 1. The van der Waals surface area contributed by atoms with Crippen molar-refractivity contribution >= 4 is 51.1 Å². The summed E-state index contributed by atoms with van der Waals surface area (Å²) in [5, 5.41) is 13.0. The standard InChI is InChI=1S/C13H10N2O4.AsI/c16-13(19-12-7-2-1-3-8-12)14-10-5-4-6-11(9-10)15(17)18;1-2/h1-9H,(H,14,16);. The van der Waals surface area contributed by atoms with Crippen LogP contribution in [0.3, 0.4) is 0 Å². The number of hydrogen-bond acceptors (Lipinski definition) is 4. The van der Waals surface area contributed by atoms with Crippen LogP contribution in [0.1, 0.15) is 0 Å². The minimum atomic E-state index is -0.702. The van der Waals surface area contributed by atoms with Crippen molar-refractivity contribution in [2.75, 3.05) is 5.32 Å². The Hall–Kier alpha value is -1.60. The van der Waals surface area contributed by atoms with E-state index in [-0.39, 0.29) is 5.69 Å². The van der Waals surface area contributed by atoms with Crippen LogP contribution in [0.4, 0.5) is 16.2 Å². The molecule has 21 heavy (non-hydrogen) atoms. The van der Waals surface area contributed by atoms with E-state index in [1.807, 2.05) is 0 Å². The Labute approximate surface area is 141 Å². The van der Waals surface area contributed by atoms with E-state index >= 15 is 0 Å². The van der Waals surface area contributed by atoms with Crippen LogP contribution in [0.15, 0.2) is 54.6 Å². The van der Waals surface area contributed by atoms with Gasteiger partial charge in [0.2, 0.25) is 0 Å². The van der Waals surface area contributed by atoms with E-state index in [1.165, 1.54) is 18.2 Å². The molecule has 0 atom stereocenters. The first-order valence-electron chi connectivity index (χ1n) is 5.60. The van der Waals surface area contributed by atoms with Gasteiger partial charge in [-0.15, -0.1) is 0 Å². The molecule has 0 saturated heterocycles. The van der Waals surface area contributed by atoms with Crippen molar-refractivity contribution in [2.24, 2.45) is 0 Å². The first kappa shape index (κ1) is 17.4. The first-order chi connectivity index (χ1) is 10.1. The topological polar surface area (TPSA) is 81.5 Å². The number of nitro groups is 1. The number of carbonyl (C=O) groups excluding carboxylic acids is 1. The number of non-ortho nitro benzene ring substituents is 1. The molecule has 0 aromatic heterocycles. The SMILES string of the molecule is O=C(Nc1cccc([N+](=O)[O-])c1)Oc1ccccc1.[As]I. The molecular weight excluding hydrogens is 450 g/mol. The van der Waals surface area contributed by atoms with Gasteiger partial charge in [-0.1, -0.05) is 24.3 Å². The van der Waals surface area contributed by atoms with Crippen molar-refractivity contribution in [1.82, 2.24) is 0 Å². The maximum atomic E-state index is 11.6. The summed E-state index contributed by atoms with van der Waals surface area (Å²) in [4.78, 5) is 21.6. The molecule has 2 radical (unpaired) electrons. The zero-order valence-corrected chi connectivity index (χ0v) is 14.6. The Morgan fingerprint density at radius 1 is 1.14 bits per heavy atom. The molecule has 2 aromatic carbocycles. The van der Waals surface area contributed by atoms with Crippen molar-refractivity contribution < 1.29 is 14.5 Å². The van der Waals surface area contributed by atoms with Gasteiger partial charge in [-0.25, -0.2) is 4.79 Å². The van der Waals surface area contributed by atoms with Crippen molar-refractivity contribution in [2.45, 2.75) is 0 Å². The summed E-state index contributed by atoms with van der Waals surface area (Å²) in [6.45, 7) is 0. The van der Waals surface area contributed by atoms with Crippen LogP contribution in [0.2, 0.25) is 0 Å². The minimum absolute atomic E-state index is 0.0995. The van der Waals surface area contributed by atoms with Crippen LogP contribution in [0.5, 0.6) is 5.75 Å². The van der Waals surface area contributed by atoms with Gasteiger partial charge >= 0.3 is 39.7 Å². The molecule has 0 aliphatic rings. The second-order valence-electron chi connectivity index (χ2n) is 3.64. The zero-order chi connectivity index (χ0) is 15.7. The third-order valence-corrected chi connectivity index (χ3v) is 2.26. The van der Waals surface area contributed by atoms with Crippen molar-refractivity contribution in [3.63, 3.8) is 0 Å². The van der Waals surface area contributed by atoms with Gasteiger partial charge in [-0.05, 0) is 18.2 Å². The molecule has 0 spiro atoms. The molecule has 0 unspecified atom stereocenters. The molecule has 8 heteroatoms. The molecule has 0 aliphatic heterocycles. The Kier molecular flexibility index (Phi) is 7.77. The normalized spacial score (nSPS) is 9.05. The van der Waals surface area contributed by atoms with Crippen LogP contribution in [0, 0.1) is 10.1 Å². The monoisotopic (exact) mass is 460 g/mol. The predicted molar refractivity (Wildman–Crippen MR) is 89.0 cm³/mol. The number of ether oxygens (including phenoxy) is 1. The van der Waals surface area contributed by atoms with Crippen molar-refractivity contribution in [1.29, 1.82) is 0 Å². The van der Waals surface area contributed by atoms with Gasteiger partial charge in [0.1, 0.15) is 5.75 Å².